The van der Waals surface area contributed by atoms with E-state index in [0.717, 1.165) is 19.4 Å². The molecule has 104 valence electrons. The minimum absolute atomic E-state index is 0.201. The first-order chi connectivity index (χ1) is 9.15. The Morgan fingerprint density at radius 2 is 2.37 bits per heavy atom. The minimum atomic E-state index is -0.266. The van der Waals surface area contributed by atoms with Crippen molar-refractivity contribution < 1.29 is 9.53 Å². The molecule has 1 amide bonds. The summed E-state index contributed by atoms with van der Waals surface area (Å²) in [4.78, 5) is 12.2. The van der Waals surface area contributed by atoms with E-state index in [2.05, 4.69) is 16.2 Å². The summed E-state index contributed by atoms with van der Waals surface area (Å²) < 4.78 is 6.02. The van der Waals surface area contributed by atoms with Gasteiger partial charge in [0.15, 0.2) is 5.11 Å². The van der Waals surface area contributed by atoms with Crippen LogP contribution in [-0.4, -0.2) is 30.3 Å². The topological polar surface area (TPSA) is 62.4 Å². The van der Waals surface area contributed by atoms with E-state index in [-0.39, 0.29) is 12.0 Å². The molecule has 1 saturated heterocycles. The van der Waals surface area contributed by atoms with Gasteiger partial charge in [-0.25, -0.2) is 0 Å². The maximum atomic E-state index is 11.7. The van der Waals surface area contributed by atoms with Crippen molar-refractivity contribution in [2.45, 2.75) is 18.9 Å². The molecule has 3 N–H and O–H groups in total. The third kappa shape index (κ3) is 4.61. The first kappa shape index (κ1) is 14.5. The van der Waals surface area contributed by atoms with Gasteiger partial charge in [0.25, 0.3) is 5.91 Å². The Morgan fingerprint density at radius 1 is 1.53 bits per heavy atom. The summed E-state index contributed by atoms with van der Waals surface area (Å²) in [5.74, 6) is -0.266. The van der Waals surface area contributed by atoms with Crippen molar-refractivity contribution >= 4 is 46.2 Å². The van der Waals surface area contributed by atoms with Gasteiger partial charge in [0.05, 0.1) is 15.3 Å². The van der Waals surface area contributed by atoms with Crippen LogP contribution in [0.1, 0.15) is 22.5 Å². The standard InChI is InChI=1S/C11H14ClN3O2S2/c12-9-4-3-8(19-9)10(16)14-15-11(18)13-6-7-2-1-5-17-7/h3-4,7H,1-2,5-6H2,(H,14,16)(H2,13,15,18)/t7-/m1/s1. The molecule has 1 aliphatic heterocycles. The second-order valence-electron chi connectivity index (χ2n) is 4.03. The first-order valence-corrected chi connectivity index (χ1v) is 7.46. The van der Waals surface area contributed by atoms with Crippen LogP contribution in [-0.2, 0) is 4.74 Å². The third-order valence-corrected chi connectivity index (χ3v) is 4.08. The van der Waals surface area contributed by atoms with Crippen molar-refractivity contribution in [1.82, 2.24) is 16.2 Å². The number of carbonyl (C=O) groups is 1. The number of carbonyl (C=O) groups excluding carboxylic acids is 1. The molecule has 0 saturated carbocycles. The summed E-state index contributed by atoms with van der Waals surface area (Å²) in [5, 5.41) is 3.36. The van der Waals surface area contributed by atoms with Gasteiger partial charge in [-0.1, -0.05) is 11.6 Å². The van der Waals surface area contributed by atoms with Gasteiger partial charge < -0.3 is 10.1 Å². The van der Waals surface area contributed by atoms with Crippen LogP contribution in [0.2, 0.25) is 4.34 Å². The number of amides is 1. The lowest BCUT2D eigenvalue weighted by atomic mass is 10.2. The Morgan fingerprint density at radius 3 is 3.00 bits per heavy atom. The van der Waals surface area contributed by atoms with E-state index >= 15 is 0 Å². The monoisotopic (exact) mass is 319 g/mol. The molecular weight excluding hydrogens is 306 g/mol. The first-order valence-electron chi connectivity index (χ1n) is 5.86. The Kier molecular flexibility index (Phi) is 5.38. The van der Waals surface area contributed by atoms with E-state index in [4.69, 9.17) is 28.6 Å². The van der Waals surface area contributed by atoms with Crippen LogP contribution >= 0.6 is 35.2 Å². The zero-order valence-electron chi connectivity index (χ0n) is 10.1. The highest BCUT2D eigenvalue weighted by Gasteiger charge is 2.15. The van der Waals surface area contributed by atoms with E-state index in [0.29, 0.717) is 20.9 Å². The lowest BCUT2D eigenvalue weighted by molar-refractivity contribution is 0.0947. The van der Waals surface area contributed by atoms with Crippen molar-refractivity contribution in [3.05, 3.63) is 21.3 Å². The van der Waals surface area contributed by atoms with Crippen LogP contribution in [0.15, 0.2) is 12.1 Å². The normalized spacial score (nSPS) is 18.1. The van der Waals surface area contributed by atoms with E-state index in [9.17, 15) is 4.79 Å². The van der Waals surface area contributed by atoms with Crippen LogP contribution in [0.4, 0.5) is 0 Å². The molecule has 0 spiro atoms. The van der Waals surface area contributed by atoms with Crippen LogP contribution in [0, 0.1) is 0 Å². The average Bonchev–Trinajstić information content (AvgIpc) is 3.04. The minimum Gasteiger partial charge on any atom is -0.376 e. The summed E-state index contributed by atoms with van der Waals surface area (Å²) in [6.07, 6.45) is 2.32. The van der Waals surface area contributed by atoms with E-state index < -0.39 is 0 Å². The van der Waals surface area contributed by atoms with Gasteiger partial charge >= 0.3 is 0 Å². The number of hydrogen-bond donors (Lipinski definition) is 3. The van der Waals surface area contributed by atoms with Crippen molar-refractivity contribution in [2.75, 3.05) is 13.2 Å². The number of thiocarbonyl (C=S) groups is 1. The summed E-state index contributed by atoms with van der Waals surface area (Å²) >= 11 is 12.0. The smallest absolute Gasteiger partial charge is 0.279 e. The fourth-order valence-corrected chi connectivity index (χ4v) is 2.74. The van der Waals surface area contributed by atoms with Crippen molar-refractivity contribution in [3.63, 3.8) is 0 Å². The Labute approximate surface area is 125 Å². The number of thiophene rings is 1. The lowest BCUT2D eigenvalue weighted by Gasteiger charge is -2.14. The quantitative estimate of drug-likeness (QED) is 0.584. The summed E-state index contributed by atoms with van der Waals surface area (Å²) in [5.41, 5.74) is 5.15. The van der Waals surface area contributed by atoms with Gasteiger partial charge in [-0.05, 0) is 37.2 Å². The summed E-state index contributed by atoms with van der Waals surface area (Å²) in [6, 6.07) is 3.34. The van der Waals surface area contributed by atoms with Crippen LogP contribution in [0.25, 0.3) is 0 Å². The molecule has 19 heavy (non-hydrogen) atoms. The summed E-state index contributed by atoms with van der Waals surface area (Å²) in [6.45, 7) is 1.45. The maximum Gasteiger partial charge on any atom is 0.279 e. The molecule has 1 atom stereocenters. The average molecular weight is 320 g/mol. The highest BCUT2D eigenvalue weighted by Crippen LogP contribution is 2.20. The number of nitrogens with one attached hydrogen (secondary N) is 3. The van der Waals surface area contributed by atoms with Crippen molar-refractivity contribution in [2.24, 2.45) is 0 Å². The maximum absolute atomic E-state index is 11.7. The molecule has 0 aromatic carbocycles. The molecule has 8 heteroatoms. The zero-order chi connectivity index (χ0) is 13.7. The fraction of sp³-hybridized carbons (Fsp3) is 0.455. The van der Waals surface area contributed by atoms with Gasteiger partial charge in [-0.3, -0.25) is 15.6 Å². The molecule has 0 unspecified atom stereocenters. The molecule has 2 rings (SSSR count). The lowest BCUT2D eigenvalue weighted by Crippen LogP contribution is -2.48. The van der Waals surface area contributed by atoms with Crippen LogP contribution in [0.5, 0.6) is 0 Å². The molecule has 1 aromatic heterocycles. The second-order valence-corrected chi connectivity index (χ2v) is 6.15. The SMILES string of the molecule is O=C(NNC(=S)NC[C@H]1CCCO1)c1ccc(Cl)s1. The molecule has 0 radical (unpaired) electrons. The molecule has 0 bridgehead atoms. The Balaban J connectivity index is 1.66. The molecule has 1 fully saturated rings. The van der Waals surface area contributed by atoms with Crippen LogP contribution < -0.4 is 16.2 Å². The Bertz CT molecular complexity index is 461. The number of hydrogen-bond acceptors (Lipinski definition) is 4. The van der Waals surface area contributed by atoms with Gasteiger partial charge in [-0.2, -0.15) is 0 Å². The number of ether oxygens (including phenoxy) is 1. The number of rotatable bonds is 3. The molecule has 1 aromatic rings. The molecular formula is C11H14ClN3O2S2. The molecule has 0 aliphatic carbocycles. The number of hydrazine groups is 1. The van der Waals surface area contributed by atoms with Gasteiger partial charge in [0.1, 0.15) is 0 Å². The fourth-order valence-electron chi connectivity index (χ4n) is 1.67. The van der Waals surface area contributed by atoms with E-state index in [1.54, 1.807) is 12.1 Å². The van der Waals surface area contributed by atoms with Crippen LogP contribution in [0.3, 0.4) is 0 Å². The van der Waals surface area contributed by atoms with E-state index in [1.165, 1.54) is 11.3 Å². The van der Waals surface area contributed by atoms with E-state index in [1.807, 2.05) is 0 Å². The molecule has 2 heterocycles. The molecule has 5 nitrogen and oxygen atoms in total. The van der Waals surface area contributed by atoms with Gasteiger partial charge in [-0.15, -0.1) is 11.3 Å². The predicted octanol–water partition coefficient (Wildman–Crippen LogP) is 1.69. The predicted molar refractivity (Wildman–Crippen MR) is 79.5 cm³/mol. The Hall–Kier alpha value is -0.890. The van der Waals surface area contributed by atoms with Crippen molar-refractivity contribution in [1.29, 1.82) is 0 Å². The van der Waals surface area contributed by atoms with Gasteiger partial charge in [0.2, 0.25) is 0 Å². The third-order valence-electron chi connectivity index (χ3n) is 2.60. The summed E-state index contributed by atoms with van der Waals surface area (Å²) in [7, 11) is 0. The highest BCUT2D eigenvalue weighted by atomic mass is 35.5. The zero-order valence-corrected chi connectivity index (χ0v) is 12.5. The highest BCUT2D eigenvalue weighted by molar-refractivity contribution is 7.80. The number of halogens is 1. The van der Waals surface area contributed by atoms with Crippen molar-refractivity contribution in [3.8, 4) is 0 Å². The van der Waals surface area contributed by atoms with Gasteiger partial charge in [0, 0.05) is 13.2 Å². The second kappa shape index (κ2) is 7.04. The largest absolute Gasteiger partial charge is 0.376 e. The molecule has 1 aliphatic rings.